The minimum absolute atomic E-state index is 0.522. The van der Waals surface area contributed by atoms with Gasteiger partial charge in [0.25, 0.3) is 0 Å². The quantitative estimate of drug-likeness (QED) is 0.389. The van der Waals surface area contributed by atoms with Gasteiger partial charge in [-0.15, -0.1) is 0 Å². The fourth-order valence-corrected chi connectivity index (χ4v) is 3.07. The number of rotatable bonds is 4. The molecule has 0 saturated carbocycles. The largest absolute Gasteiger partial charge is 0.326 e. The van der Waals surface area contributed by atoms with Crippen molar-refractivity contribution < 1.29 is 0 Å². The van der Waals surface area contributed by atoms with Gasteiger partial charge in [0.2, 0.25) is 0 Å². The van der Waals surface area contributed by atoms with E-state index in [1.54, 1.807) is 6.20 Å². The molecule has 2 aromatic carbocycles. The molecule has 0 atom stereocenters. The monoisotopic (exact) mass is 341 g/mol. The van der Waals surface area contributed by atoms with Gasteiger partial charge in [0.15, 0.2) is 0 Å². The van der Waals surface area contributed by atoms with Gasteiger partial charge in [-0.25, -0.2) is 15.8 Å². The first kappa shape index (κ1) is 16.2. The number of nitrogens with two attached hydrogens (primary N) is 2. The summed E-state index contributed by atoms with van der Waals surface area (Å²) in [6.45, 7) is 0.522. The summed E-state index contributed by atoms with van der Waals surface area (Å²) in [6.07, 6.45) is 1.70. The number of hydrogen-bond acceptors (Lipinski definition) is 5. The molecule has 0 saturated heterocycles. The van der Waals surface area contributed by atoms with Crippen molar-refractivity contribution in [2.45, 2.75) is 6.54 Å². The predicted molar refractivity (Wildman–Crippen MR) is 106 cm³/mol. The van der Waals surface area contributed by atoms with Gasteiger partial charge in [-0.3, -0.25) is 0 Å². The zero-order chi connectivity index (χ0) is 17.9. The Morgan fingerprint density at radius 2 is 1.65 bits per heavy atom. The highest BCUT2D eigenvalue weighted by atomic mass is 15.2. The first-order chi connectivity index (χ1) is 12.8. The number of fused-ring (bicyclic) bond motifs is 1. The summed E-state index contributed by atoms with van der Waals surface area (Å²) in [4.78, 5) is 9.21. The van der Waals surface area contributed by atoms with Crippen LogP contribution in [-0.2, 0) is 6.54 Å². The maximum absolute atomic E-state index is 5.72. The molecular formula is C21H19N5. The van der Waals surface area contributed by atoms with E-state index in [0.717, 1.165) is 38.9 Å². The van der Waals surface area contributed by atoms with Gasteiger partial charge in [0, 0.05) is 29.3 Å². The van der Waals surface area contributed by atoms with E-state index >= 15 is 0 Å². The lowest BCUT2D eigenvalue weighted by Crippen LogP contribution is -2.09. The number of hydrogen-bond donors (Lipinski definition) is 3. The van der Waals surface area contributed by atoms with Gasteiger partial charge in [-0.2, -0.15) is 0 Å². The number of nitrogens with zero attached hydrogens (tertiary/aromatic N) is 2. The summed E-state index contributed by atoms with van der Waals surface area (Å²) in [5.41, 5.74) is 14.4. The van der Waals surface area contributed by atoms with Gasteiger partial charge >= 0.3 is 0 Å². The SMILES string of the molecule is NCc1ccc(-c2nc3ccnc(NN)c3cc2-c2ccccc2)cc1. The molecule has 0 aliphatic heterocycles. The molecule has 0 radical (unpaired) electrons. The van der Waals surface area contributed by atoms with Gasteiger partial charge in [0.1, 0.15) is 5.82 Å². The van der Waals surface area contributed by atoms with Crippen LogP contribution in [0.15, 0.2) is 72.9 Å². The first-order valence-corrected chi connectivity index (χ1v) is 8.41. The van der Waals surface area contributed by atoms with E-state index in [2.05, 4.69) is 40.7 Å². The van der Waals surface area contributed by atoms with Crippen LogP contribution in [0.2, 0.25) is 0 Å². The van der Waals surface area contributed by atoms with Crippen LogP contribution in [0.3, 0.4) is 0 Å². The summed E-state index contributed by atoms with van der Waals surface area (Å²) in [6, 6.07) is 22.4. The third kappa shape index (κ3) is 2.90. The van der Waals surface area contributed by atoms with Crippen molar-refractivity contribution in [1.29, 1.82) is 0 Å². The van der Waals surface area contributed by atoms with Crippen LogP contribution in [0.5, 0.6) is 0 Å². The van der Waals surface area contributed by atoms with Gasteiger partial charge in [0.05, 0.1) is 11.2 Å². The Morgan fingerprint density at radius 3 is 2.35 bits per heavy atom. The zero-order valence-electron chi connectivity index (χ0n) is 14.2. The van der Waals surface area contributed by atoms with Crippen LogP contribution in [0.1, 0.15) is 5.56 Å². The molecule has 5 N–H and O–H groups in total. The fourth-order valence-electron chi connectivity index (χ4n) is 3.07. The highest BCUT2D eigenvalue weighted by Gasteiger charge is 2.13. The number of aromatic nitrogens is 2. The highest BCUT2D eigenvalue weighted by Crippen LogP contribution is 2.34. The zero-order valence-corrected chi connectivity index (χ0v) is 14.2. The van der Waals surface area contributed by atoms with Gasteiger partial charge < -0.3 is 11.2 Å². The molecule has 0 aliphatic carbocycles. The van der Waals surface area contributed by atoms with Crippen molar-refractivity contribution in [3.8, 4) is 22.4 Å². The van der Waals surface area contributed by atoms with Gasteiger partial charge in [-0.05, 0) is 23.3 Å². The Kier molecular flexibility index (Phi) is 4.31. The average Bonchev–Trinajstić information content (AvgIpc) is 2.73. The summed E-state index contributed by atoms with van der Waals surface area (Å²) in [7, 11) is 0. The molecule has 0 spiro atoms. The maximum atomic E-state index is 5.72. The smallest absolute Gasteiger partial charge is 0.149 e. The fraction of sp³-hybridized carbons (Fsp3) is 0.0476. The van der Waals surface area contributed by atoms with E-state index in [9.17, 15) is 0 Å². The van der Waals surface area contributed by atoms with Crippen LogP contribution in [0.4, 0.5) is 5.82 Å². The molecule has 0 fully saturated rings. The number of benzene rings is 2. The molecule has 26 heavy (non-hydrogen) atoms. The molecular weight excluding hydrogens is 322 g/mol. The third-order valence-corrected chi connectivity index (χ3v) is 4.43. The lowest BCUT2D eigenvalue weighted by molar-refractivity contribution is 1.07. The molecule has 5 heteroatoms. The number of anilines is 1. The normalized spacial score (nSPS) is 10.8. The van der Waals surface area contributed by atoms with Crippen molar-refractivity contribution in [3.05, 3.63) is 78.5 Å². The van der Waals surface area contributed by atoms with E-state index in [1.165, 1.54) is 0 Å². The van der Waals surface area contributed by atoms with Crippen molar-refractivity contribution >= 4 is 16.7 Å². The van der Waals surface area contributed by atoms with Gasteiger partial charge in [-0.1, -0.05) is 54.6 Å². The molecule has 4 aromatic rings. The second-order valence-corrected chi connectivity index (χ2v) is 6.02. The van der Waals surface area contributed by atoms with Crippen LogP contribution in [-0.4, -0.2) is 9.97 Å². The Hall–Kier alpha value is -3.28. The molecule has 5 nitrogen and oxygen atoms in total. The number of nitrogens with one attached hydrogen (secondary N) is 1. The van der Waals surface area contributed by atoms with Crippen LogP contribution < -0.4 is 17.0 Å². The highest BCUT2D eigenvalue weighted by molar-refractivity contribution is 5.96. The second-order valence-electron chi connectivity index (χ2n) is 6.02. The molecule has 0 aliphatic rings. The Labute approximate surface area is 151 Å². The summed E-state index contributed by atoms with van der Waals surface area (Å²) < 4.78 is 0. The maximum Gasteiger partial charge on any atom is 0.149 e. The Balaban J connectivity index is 2.00. The number of hydrazine groups is 1. The van der Waals surface area contributed by atoms with Crippen molar-refractivity contribution in [1.82, 2.24) is 9.97 Å². The van der Waals surface area contributed by atoms with Crippen molar-refractivity contribution in [2.75, 3.05) is 5.43 Å². The molecule has 0 bridgehead atoms. The minimum Gasteiger partial charge on any atom is -0.326 e. The molecule has 2 aromatic heterocycles. The second kappa shape index (κ2) is 6.92. The van der Waals surface area contributed by atoms with E-state index in [4.69, 9.17) is 16.6 Å². The van der Waals surface area contributed by atoms with Crippen LogP contribution in [0.25, 0.3) is 33.3 Å². The predicted octanol–water partition coefficient (Wildman–Crippen LogP) is 3.71. The Bertz CT molecular complexity index is 1040. The summed E-state index contributed by atoms with van der Waals surface area (Å²) in [5.74, 6) is 6.24. The topological polar surface area (TPSA) is 89.8 Å². The molecule has 128 valence electrons. The first-order valence-electron chi connectivity index (χ1n) is 8.41. The van der Waals surface area contributed by atoms with E-state index < -0.39 is 0 Å². The molecule has 0 unspecified atom stereocenters. The van der Waals surface area contributed by atoms with Crippen molar-refractivity contribution in [2.24, 2.45) is 11.6 Å². The average molecular weight is 341 g/mol. The number of pyridine rings is 2. The van der Waals surface area contributed by atoms with E-state index in [0.29, 0.717) is 12.4 Å². The molecule has 0 amide bonds. The van der Waals surface area contributed by atoms with E-state index in [1.807, 2.05) is 36.4 Å². The lowest BCUT2D eigenvalue weighted by atomic mass is 9.97. The summed E-state index contributed by atoms with van der Waals surface area (Å²) >= 11 is 0. The van der Waals surface area contributed by atoms with Crippen LogP contribution >= 0.6 is 0 Å². The standard InChI is InChI=1S/C21H19N5/c22-13-14-6-8-16(9-7-14)20-17(15-4-2-1-3-5-15)12-18-19(25-20)10-11-24-21(18)26-23/h1-12H,13,22-23H2,(H,24,26). The van der Waals surface area contributed by atoms with E-state index in [-0.39, 0.29) is 0 Å². The lowest BCUT2D eigenvalue weighted by Gasteiger charge is -2.13. The molecule has 4 rings (SSSR count). The third-order valence-electron chi connectivity index (χ3n) is 4.43. The minimum atomic E-state index is 0.522. The number of nitrogen functional groups attached to an aromatic ring is 1. The molecule has 2 heterocycles. The van der Waals surface area contributed by atoms with Crippen LogP contribution in [0, 0.1) is 0 Å². The summed E-state index contributed by atoms with van der Waals surface area (Å²) in [5, 5.41) is 0.885. The van der Waals surface area contributed by atoms with Crippen molar-refractivity contribution in [3.63, 3.8) is 0 Å². The Morgan fingerprint density at radius 1 is 0.885 bits per heavy atom.